The topological polar surface area (TPSA) is 36.5 Å². The Morgan fingerprint density at radius 3 is 2.52 bits per heavy atom. The van der Waals surface area contributed by atoms with Gasteiger partial charge in [0.15, 0.2) is 6.23 Å². The summed E-state index contributed by atoms with van der Waals surface area (Å²) < 4.78 is 43.8. The van der Waals surface area contributed by atoms with Crippen molar-refractivity contribution in [1.29, 1.82) is 0 Å². The average molecular weight is 331 g/mol. The van der Waals surface area contributed by atoms with E-state index in [4.69, 9.17) is 4.74 Å². The second kappa shape index (κ2) is 7.99. The molecule has 1 aromatic carbocycles. The van der Waals surface area contributed by atoms with Crippen LogP contribution in [0.15, 0.2) is 24.3 Å². The van der Waals surface area contributed by atoms with E-state index in [9.17, 15) is 13.2 Å². The molecule has 0 aliphatic carbocycles. The van der Waals surface area contributed by atoms with Gasteiger partial charge in [-0.05, 0) is 57.7 Å². The lowest BCUT2D eigenvalue weighted by Crippen LogP contribution is -2.49. The number of alkyl halides is 3. The molecule has 1 heterocycles. The second-order valence-corrected chi connectivity index (χ2v) is 6.11. The summed E-state index contributed by atoms with van der Waals surface area (Å²) >= 11 is 0. The molecule has 0 amide bonds. The number of rotatable bonds is 6. The Balaban J connectivity index is 2.03. The molecule has 0 aromatic heterocycles. The van der Waals surface area contributed by atoms with E-state index in [1.54, 1.807) is 0 Å². The summed E-state index contributed by atoms with van der Waals surface area (Å²) in [6, 6.07) is 4.86. The van der Waals surface area contributed by atoms with Crippen LogP contribution in [-0.2, 0) is 6.18 Å². The van der Waals surface area contributed by atoms with Gasteiger partial charge in [0.2, 0.25) is 0 Å². The van der Waals surface area contributed by atoms with Crippen LogP contribution in [0.5, 0.6) is 5.75 Å². The van der Waals surface area contributed by atoms with E-state index >= 15 is 0 Å². The van der Waals surface area contributed by atoms with Gasteiger partial charge < -0.3 is 10.1 Å². The first-order valence-electron chi connectivity index (χ1n) is 7.79. The first-order chi connectivity index (χ1) is 10.9. The number of benzene rings is 1. The van der Waals surface area contributed by atoms with Crippen molar-refractivity contribution in [3.8, 4) is 5.75 Å². The Morgan fingerprint density at radius 2 is 2.00 bits per heavy atom. The van der Waals surface area contributed by atoms with E-state index in [1.807, 2.05) is 19.0 Å². The van der Waals surface area contributed by atoms with Gasteiger partial charge in [-0.25, -0.2) is 0 Å². The summed E-state index contributed by atoms with van der Waals surface area (Å²) in [5, 5.41) is 6.66. The first kappa shape index (κ1) is 18.0. The molecule has 0 bridgehead atoms. The largest absolute Gasteiger partial charge is 0.475 e. The molecule has 0 saturated carbocycles. The zero-order valence-electron chi connectivity index (χ0n) is 13.5. The van der Waals surface area contributed by atoms with Gasteiger partial charge in [0.25, 0.3) is 0 Å². The summed E-state index contributed by atoms with van der Waals surface area (Å²) in [6.45, 7) is 2.48. The number of nitrogens with one attached hydrogen (secondary N) is 2. The van der Waals surface area contributed by atoms with Crippen molar-refractivity contribution in [2.75, 3.05) is 33.9 Å². The molecule has 2 atom stereocenters. The predicted octanol–water partition coefficient (Wildman–Crippen LogP) is 2.52. The summed E-state index contributed by atoms with van der Waals surface area (Å²) in [4.78, 5) is 1.99. The van der Waals surface area contributed by atoms with Gasteiger partial charge in [-0.2, -0.15) is 13.2 Å². The van der Waals surface area contributed by atoms with Gasteiger partial charge in [-0.1, -0.05) is 0 Å². The van der Waals surface area contributed by atoms with Crippen LogP contribution in [0.2, 0.25) is 0 Å². The SMILES string of the molecule is CN(C)CN[C@@H](Oc1ccc(C(F)(F)F)cc1)C1CCCNC1. The third-order valence-corrected chi connectivity index (χ3v) is 3.82. The van der Waals surface area contributed by atoms with Gasteiger partial charge in [0, 0.05) is 12.5 Å². The molecule has 1 saturated heterocycles. The number of hydrogen-bond donors (Lipinski definition) is 2. The highest BCUT2D eigenvalue weighted by Gasteiger charge is 2.30. The van der Waals surface area contributed by atoms with Crippen molar-refractivity contribution in [2.24, 2.45) is 5.92 Å². The highest BCUT2D eigenvalue weighted by Crippen LogP contribution is 2.30. The summed E-state index contributed by atoms with van der Waals surface area (Å²) in [5.74, 6) is 0.728. The zero-order valence-corrected chi connectivity index (χ0v) is 13.5. The van der Waals surface area contributed by atoms with Crippen LogP contribution >= 0.6 is 0 Å². The van der Waals surface area contributed by atoms with Gasteiger partial charge >= 0.3 is 6.18 Å². The molecule has 2 rings (SSSR count). The number of piperidine rings is 1. The third kappa shape index (κ3) is 5.67. The molecule has 2 N–H and O–H groups in total. The van der Waals surface area contributed by atoms with Gasteiger partial charge in [-0.3, -0.25) is 10.2 Å². The molecule has 130 valence electrons. The van der Waals surface area contributed by atoms with Crippen LogP contribution < -0.4 is 15.4 Å². The van der Waals surface area contributed by atoms with E-state index in [2.05, 4.69) is 10.6 Å². The summed E-state index contributed by atoms with van der Waals surface area (Å²) in [5.41, 5.74) is -0.665. The predicted molar refractivity (Wildman–Crippen MR) is 83.1 cm³/mol. The Hall–Kier alpha value is -1.31. The highest BCUT2D eigenvalue weighted by molar-refractivity contribution is 5.29. The fourth-order valence-electron chi connectivity index (χ4n) is 2.58. The van der Waals surface area contributed by atoms with Crippen molar-refractivity contribution in [3.63, 3.8) is 0 Å². The molecule has 1 aliphatic rings. The quantitative estimate of drug-likeness (QED) is 0.786. The minimum atomic E-state index is -4.33. The van der Waals surface area contributed by atoms with Gasteiger partial charge in [-0.15, -0.1) is 0 Å². The van der Waals surface area contributed by atoms with Crippen molar-refractivity contribution < 1.29 is 17.9 Å². The molecular weight excluding hydrogens is 307 g/mol. The minimum Gasteiger partial charge on any atom is -0.475 e. The lowest BCUT2D eigenvalue weighted by Gasteiger charge is -2.32. The number of ether oxygens (including phenoxy) is 1. The lowest BCUT2D eigenvalue weighted by molar-refractivity contribution is -0.137. The van der Waals surface area contributed by atoms with Gasteiger partial charge in [0.1, 0.15) is 5.75 Å². The Morgan fingerprint density at radius 1 is 1.30 bits per heavy atom. The van der Waals surface area contributed by atoms with Crippen molar-refractivity contribution in [3.05, 3.63) is 29.8 Å². The third-order valence-electron chi connectivity index (χ3n) is 3.82. The standard InChI is InChI=1S/C16H24F3N3O/c1-22(2)11-21-15(12-4-3-9-20-10-12)23-14-7-5-13(6-8-14)16(17,18)19/h5-8,12,15,20-21H,3-4,9-11H2,1-2H3/t12?,15-/m0/s1. The van der Waals surface area contributed by atoms with E-state index in [0.717, 1.165) is 38.1 Å². The van der Waals surface area contributed by atoms with Crippen molar-refractivity contribution in [2.45, 2.75) is 25.2 Å². The molecule has 1 fully saturated rings. The first-order valence-corrected chi connectivity index (χ1v) is 7.79. The molecule has 1 unspecified atom stereocenters. The van der Waals surface area contributed by atoms with Crippen LogP contribution in [-0.4, -0.2) is 45.0 Å². The highest BCUT2D eigenvalue weighted by atomic mass is 19.4. The van der Waals surface area contributed by atoms with Crippen LogP contribution in [0, 0.1) is 5.92 Å². The molecule has 23 heavy (non-hydrogen) atoms. The average Bonchev–Trinajstić information content (AvgIpc) is 2.51. The van der Waals surface area contributed by atoms with Gasteiger partial charge in [0.05, 0.1) is 12.2 Å². The molecule has 0 radical (unpaired) electrons. The minimum absolute atomic E-state index is 0.234. The maximum Gasteiger partial charge on any atom is 0.416 e. The van der Waals surface area contributed by atoms with Crippen molar-refractivity contribution >= 4 is 0 Å². The fourth-order valence-corrected chi connectivity index (χ4v) is 2.58. The maximum atomic E-state index is 12.6. The molecular formula is C16H24F3N3O. The van der Waals surface area contributed by atoms with Crippen LogP contribution in [0.4, 0.5) is 13.2 Å². The fraction of sp³-hybridized carbons (Fsp3) is 0.625. The maximum absolute atomic E-state index is 12.6. The van der Waals surface area contributed by atoms with Crippen LogP contribution in [0.25, 0.3) is 0 Å². The van der Waals surface area contributed by atoms with Crippen LogP contribution in [0.1, 0.15) is 18.4 Å². The lowest BCUT2D eigenvalue weighted by atomic mass is 9.97. The molecule has 1 aromatic rings. The monoisotopic (exact) mass is 331 g/mol. The van der Waals surface area contributed by atoms with E-state index in [-0.39, 0.29) is 12.1 Å². The summed E-state index contributed by atoms with van der Waals surface area (Å²) in [7, 11) is 3.89. The summed E-state index contributed by atoms with van der Waals surface area (Å²) in [6.07, 6.45) is -2.46. The smallest absolute Gasteiger partial charge is 0.416 e. The molecule has 1 aliphatic heterocycles. The zero-order chi connectivity index (χ0) is 16.9. The molecule has 7 heteroatoms. The normalized spacial score (nSPS) is 20.5. The second-order valence-electron chi connectivity index (χ2n) is 6.11. The number of hydrogen-bond acceptors (Lipinski definition) is 4. The van der Waals surface area contributed by atoms with Crippen molar-refractivity contribution in [1.82, 2.24) is 15.5 Å². The van der Waals surface area contributed by atoms with E-state index < -0.39 is 11.7 Å². The Kier molecular flexibility index (Phi) is 6.26. The number of nitrogens with zero attached hydrogens (tertiary/aromatic N) is 1. The van der Waals surface area contributed by atoms with Crippen LogP contribution in [0.3, 0.4) is 0 Å². The molecule has 4 nitrogen and oxygen atoms in total. The van der Waals surface area contributed by atoms with E-state index in [0.29, 0.717) is 12.4 Å². The Bertz CT molecular complexity index is 470. The number of halogens is 3. The Labute approximate surface area is 135 Å². The molecule has 0 spiro atoms. The van der Waals surface area contributed by atoms with E-state index in [1.165, 1.54) is 12.1 Å².